The zero-order chi connectivity index (χ0) is 15.6. The first-order valence-electron chi connectivity index (χ1n) is 9.39. The average Bonchev–Trinajstić information content (AvgIpc) is 2.58. The number of aryl methyl sites for hydroxylation is 1. The standard InChI is InChI=1S/C20H34N2/c1-3-5-7-8-14-21-15-17-22(18-16-21)20-12-10-19(11-13-20)9-6-4-2/h10-13H,3-9,14-18H2,1-2H3. The number of hydrogen-bond acceptors (Lipinski definition) is 2. The van der Waals surface area contributed by atoms with E-state index in [0.29, 0.717) is 0 Å². The third-order valence-electron chi connectivity index (χ3n) is 4.82. The molecule has 2 rings (SSSR count). The van der Waals surface area contributed by atoms with Crippen LogP contribution < -0.4 is 4.90 Å². The highest BCUT2D eigenvalue weighted by Gasteiger charge is 2.16. The molecule has 0 atom stereocenters. The minimum atomic E-state index is 1.18. The summed E-state index contributed by atoms with van der Waals surface area (Å²) >= 11 is 0. The van der Waals surface area contributed by atoms with E-state index in [0.717, 1.165) is 0 Å². The molecular formula is C20H34N2. The summed E-state index contributed by atoms with van der Waals surface area (Å²) in [4.78, 5) is 5.19. The van der Waals surface area contributed by atoms with E-state index >= 15 is 0 Å². The lowest BCUT2D eigenvalue weighted by Crippen LogP contribution is -2.46. The molecule has 22 heavy (non-hydrogen) atoms. The van der Waals surface area contributed by atoms with Gasteiger partial charge in [-0.2, -0.15) is 0 Å². The lowest BCUT2D eigenvalue weighted by molar-refractivity contribution is 0.252. The maximum absolute atomic E-state index is 2.64. The van der Waals surface area contributed by atoms with Gasteiger partial charge in [-0.1, -0.05) is 51.7 Å². The van der Waals surface area contributed by atoms with Crippen molar-refractivity contribution in [2.45, 2.75) is 58.8 Å². The van der Waals surface area contributed by atoms with Crippen molar-refractivity contribution in [1.82, 2.24) is 4.90 Å². The molecule has 0 spiro atoms. The number of piperazine rings is 1. The monoisotopic (exact) mass is 302 g/mol. The van der Waals surface area contributed by atoms with Crippen molar-refractivity contribution in [3.63, 3.8) is 0 Å². The fourth-order valence-corrected chi connectivity index (χ4v) is 3.25. The highest BCUT2D eigenvalue weighted by Crippen LogP contribution is 2.18. The third-order valence-corrected chi connectivity index (χ3v) is 4.82. The fourth-order valence-electron chi connectivity index (χ4n) is 3.25. The summed E-state index contributed by atoms with van der Waals surface area (Å²) in [5.41, 5.74) is 2.89. The van der Waals surface area contributed by atoms with Gasteiger partial charge in [0, 0.05) is 31.9 Å². The SMILES string of the molecule is CCCCCCN1CCN(c2ccc(CCCC)cc2)CC1. The first kappa shape index (κ1) is 17.3. The Morgan fingerprint density at radius 2 is 1.45 bits per heavy atom. The van der Waals surface area contributed by atoms with Gasteiger partial charge >= 0.3 is 0 Å². The second-order valence-corrected chi connectivity index (χ2v) is 6.66. The van der Waals surface area contributed by atoms with Crippen LogP contribution in [0.3, 0.4) is 0 Å². The molecule has 1 heterocycles. The molecule has 2 nitrogen and oxygen atoms in total. The molecule has 0 unspecified atom stereocenters. The van der Waals surface area contributed by atoms with E-state index in [1.54, 1.807) is 0 Å². The second-order valence-electron chi connectivity index (χ2n) is 6.66. The van der Waals surface area contributed by atoms with Crippen LogP contribution in [0, 0.1) is 0 Å². The Kier molecular flexibility index (Phi) is 7.79. The maximum atomic E-state index is 2.64. The van der Waals surface area contributed by atoms with Crippen LogP contribution in [-0.2, 0) is 6.42 Å². The van der Waals surface area contributed by atoms with Gasteiger partial charge in [0.15, 0.2) is 0 Å². The molecule has 0 bridgehead atoms. The zero-order valence-corrected chi connectivity index (χ0v) is 14.7. The number of benzene rings is 1. The average molecular weight is 303 g/mol. The van der Waals surface area contributed by atoms with Crippen molar-refractivity contribution in [2.75, 3.05) is 37.6 Å². The van der Waals surface area contributed by atoms with Crippen LogP contribution in [0.5, 0.6) is 0 Å². The maximum Gasteiger partial charge on any atom is 0.0367 e. The number of nitrogens with zero attached hydrogens (tertiary/aromatic N) is 2. The van der Waals surface area contributed by atoms with E-state index in [-0.39, 0.29) is 0 Å². The summed E-state index contributed by atoms with van der Waals surface area (Å²) in [7, 11) is 0. The molecule has 1 saturated heterocycles. The highest BCUT2D eigenvalue weighted by molar-refractivity contribution is 5.48. The van der Waals surface area contributed by atoms with E-state index in [2.05, 4.69) is 47.9 Å². The molecule has 0 aromatic heterocycles. The van der Waals surface area contributed by atoms with E-state index in [1.807, 2.05) is 0 Å². The molecule has 0 radical (unpaired) electrons. The smallest absolute Gasteiger partial charge is 0.0367 e. The van der Waals surface area contributed by atoms with Gasteiger partial charge in [0.05, 0.1) is 0 Å². The van der Waals surface area contributed by atoms with Gasteiger partial charge in [0.2, 0.25) is 0 Å². The number of anilines is 1. The van der Waals surface area contributed by atoms with Crippen molar-refractivity contribution in [3.8, 4) is 0 Å². The highest BCUT2D eigenvalue weighted by atomic mass is 15.3. The molecule has 1 fully saturated rings. The Morgan fingerprint density at radius 1 is 0.773 bits per heavy atom. The van der Waals surface area contributed by atoms with Crippen molar-refractivity contribution in [3.05, 3.63) is 29.8 Å². The predicted octanol–water partition coefficient (Wildman–Crippen LogP) is 4.73. The van der Waals surface area contributed by atoms with Crippen LogP contribution in [-0.4, -0.2) is 37.6 Å². The lowest BCUT2D eigenvalue weighted by Gasteiger charge is -2.36. The normalized spacial score (nSPS) is 16.2. The van der Waals surface area contributed by atoms with Crippen LogP contribution in [0.25, 0.3) is 0 Å². The Bertz CT molecular complexity index is 391. The minimum Gasteiger partial charge on any atom is -0.369 e. The van der Waals surface area contributed by atoms with Gasteiger partial charge in [0.1, 0.15) is 0 Å². The van der Waals surface area contributed by atoms with E-state index in [9.17, 15) is 0 Å². The van der Waals surface area contributed by atoms with Gasteiger partial charge in [-0.15, -0.1) is 0 Å². The van der Waals surface area contributed by atoms with Crippen LogP contribution in [0.15, 0.2) is 24.3 Å². The molecule has 1 aliphatic rings. The van der Waals surface area contributed by atoms with Crippen LogP contribution in [0.1, 0.15) is 57.9 Å². The molecule has 0 amide bonds. The van der Waals surface area contributed by atoms with Crippen molar-refractivity contribution in [1.29, 1.82) is 0 Å². The first-order chi connectivity index (χ1) is 10.8. The summed E-state index contributed by atoms with van der Waals surface area (Å²) in [5, 5.41) is 0. The zero-order valence-electron chi connectivity index (χ0n) is 14.7. The Morgan fingerprint density at radius 3 is 2.09 bits per heavy atom. The van der Waals surface area contributed by atoms with E-state index in [1.165, 1.54) is 88.9 Å². The third kappa shape index (κ3) is 5.64. The second kappa shape index (κ2) is 9.89. The van der Waals surface area contributed by atoms with Crippen molar-refractivity contribution < 1.29 is 0 Å². The van der Waals surface area contributed by atoms with Gasteiger partial charge in [-0.25, -0.2) is 0 Å². The molecule has 2 heteroatoms. The summed E-state index contributed by atoms with van der Waals surface area (Å²) in [6, 6.07) is 9.29. The summed E-state index contributed by atoms with van der Waals surface area (Å²) in [5.74, 6) is 0. The van der Waals surface area contributed by atoms with Gasteiger partial charge < -0.3 is 4.90 Å². The Hall–Kier alpha value is -1.02. The van der Waals surface area contributed by atoms with Gasteiger partial charge in [0.25, 0.3) is 0 Å². The predicted molar refractivity (Wildman–Crippen MR) is 97.8 cm³/mol. The number of rotatable bonds is 9. The van der Waals surface area contributed by atoms with Gasteiger partial charge in [-0.3, -0.25) is 4.90 Å². The quantitative estimate of drug-likeness (QED) is 0.608. The van der Waals surface area contributed by atoms with E-state index in [4.69, 9.17) is 0 Å². The number of unbranched alkanes of at least 4 members (excludes halogenated alkanes) is 4. The molecule has 124 valence electrons. The molecule has 0 saturated carbocycles. The van der Waals surface area contributed by atoms with Crippen molar-refractivity contribution >= 4 is 5.69 Å². The van der Waals surface area contributed by atoms with Crippen LogP contribution in [0.4, 0.5) is 5.69 Å². The molecule has 0 N–H and O–H groups in total. The van der Waals surface area contributed by atoms with E-state index < -0.39 is 0 Å². The lowest BCUT2D eigenvalue weighted by atomic mass is 10.1. The fraction of sp³-hybridized carbons (Fsp3) is 0.700. The largest absolute Gasteiger partial charge is 0.369 e. The Balaban J connectivity index is 1.72. The topological polar surface area (TPSA) is 6.48 Å². The van der Waals surface area contributed by atoms with Gasteiger partial charge in [-0.05, 0) is 43.5 Å². The summed E-state index contributed by atoms with van der Waals surface area (Å²) < 4.78 is 0. The molecule has 1 aliphatic heterocycles. The minimum absolute atomic E-state index is 1.18. The summed E-state index contributed by atoms with van der Waals surface area (Å²) in [6.07, 6.45) is 9.31. The number of hydrogen-bond donors (Lipinski definition) is 0. The van der Waals surface area contributed by atoms with Crippen LogP contribution in [0.2, 0.25) is 0 Å². The first-order valence-corrected chi connectivity index (χ1v) is 9.39. The summed E-state index contributed by atoms with van der Waals surface area (Å²) in [6.45, 7) is 10.7. The molecular weight excluding hydrogens is 268 g/mol. The molecule has 1 aromatic rings. The molecule has 0 aliphatic carbocycles. The van der Waals surface area contributed by atoms with Crippen molar-refractivity contribution in [2.24, 2.45) is 0 Å². The van der Waals surface area contributed by atoms with Crippen LogP contribution >= 0.6 is 0 Å². The molecule has 1 aromatic carbocycles. The Labute approximate surface area is 137 Å².